The molecule has 0 unspecified atom stereocenters. The lowest BCUT2D eigenvalue weighted by Crippen LogP contribution is -1.82. The zero-order valence-electron chi connectivity index (χ0n) is 11.6. The molecule has 1 aromatic carbocycles. The summed E-state index contributed by atoms with van der Waals surface area (Å²) in [6.07, 6.45) is 1.90. The fourth-order valence-electron chi connectivity index (χ4n) is 2.02. The molecule has 6 heteroatoms. The second-order valence-electron chi connectivity index (χ2n) is 4.47. The molecule has 3 rings (SSSR count). The van der Waals surface area contributed by atoms with Gasteiger partial charge < -0.3 is 4.74 Å². The average molecular weight is 301 g/mol. The fraction of sp³-hybridized carbons (Fsp3) is 0.133. The van der Waals surface area contributed by atoms with Gasteiger partial charge in [0.25, 0.3) is 0 Å². The molecule has 0 spiro atoms. The maximum absolute atomic E-state index is 6.12. The van der Waals surface area contributed by atoms with Crippen molar-refractivity contribution in [3.05, 3.63) is 53.3 Å². The van der Waals surface area contributed by atoms with Gasteiger partial charge in [0, 0.05) is 12.3 Å². The summed E-state index contributed by atoms with van der Waals surface area (Å²) in [5.74, 6) is 1.37. The van der Waals surface area contributed by atoms with Gasteiger partial charge in [-0.1, -0.05) is 17.7 Å². The van der Waals surface area contributed by atoms with Crippen molar-refractivity contribution in [1.82, 2.24) is 9.38 Å². The summed E-state index contributed by atoms with van der Waals surface area (Å²) in [6.45, 7) is 1.90. The molecule has 0 amide bonds. The topological polar surface area (TPSA) is 51.2 Å². The summed E-state index contributed by atoms with van der Waals surface area (Å²) >= 11 is 6.12. The number of imidazole rings is 1. The Labute approximate surface area is 126 Å². The molecule has 0 saturated carbocycles. The highest BCUT2D eigenvalue weighted by Crippen LogP contribution is 2.31. The van der Waals surface area contributed by atoms with Crippen LogP contribution in [0.4, 0.5) is 11.5 Å². The molecule has 0 saturated heterocycles. The third-order valence-corrected chi connectivity index (χ3v) is 3.40. The second kappa shape index (κ2) is 5.54. The molecule has 0 N–H and O–H groups in total. The zero-order chi connectivity index (χ0) is 14.8. The second-order valence-corrected chi connectivity index (χ2v) is 4.87. The highest BCUT2D eigenvalue weighted by atomic mass is 35.5. The largest absolute Gasteiger partial charge is 0.497 e. The van der Waals surface area contributed by atoms with Crippen LogP contribution in [0.2, 0.25) is 5.02 Å². The molecule has 21 heavy (non-hydrogen) atoms. The van der Waals surface area contributed by atoms with Gasteiger partial charge in [0.15, 0.2) is 5.82 Å². The maximum Gasteiger partial charge on any atom is 0.182 e. The first-order valence-electron chi connectivity index (χ1n) is 6.38. The van der Waals surface area contributed by atoms with Crippen LogP contribution in [0.3, 0.4) is 0 Å². The summed E-state index contributed by atoms with van der Waals surface area (Å²) in [5.41, 5.74) is 2.20. The van der Waals surface area contributed by atoms with Crippen LogP contribution in [0.5, 0.6) is 5.75 Å². The fourth-order valence-corrected chi connectivity index (χ4v) is 2.17. The number of rotatable bonds is 3. The normalized spacial score (nSPS) is 11.4. The molecule has 0 radical (unpaired) electrons. The number of fused-ring (bicyclic) bond motifs is 1. The molecule has 2 aromatic heterocycles. The van der Waals surface area contributed by atoms with Crippen molar-refractivity contribution >= 4 is 28.8 Å². The SMILES string of the molecule is COc1ccc(Cl)c(N=Nc2c(C)nc3ccccn23)c1. The summed E-state index contributed by atoms with van der Waals surface area (Å²) in [5, 5.41) is 9.03. The minimum Gasteiger partial charge on any atom is -0.497 e. The monoisotopic (exact) mass is 300 g/mol. The van der Waals surface area contributed by atoms with Crippen LogP contribution in [0.15, 0.2) is 52.8 Å². The molecule has 0 aliphatic rings. The number of methoxy groups -OCH3 is 1. The van der Waals surface area contributed by atoms with Crippen molar-refractivity contribution in [2.75, 3.05) is 7.11 Å². The Morgan fingerprint density at radius 2 is 2.05 bits per heavy atom. The standard InChI is InChI=1S/C15H13ClN4O/c1-10-15(20-8-4-3-5-14(20)17-10)19-18-13-9-11(21-2)6-7-12(13)16/h3-9H,1-2H3. The van der Waals surface area contributed by atoms with Crippen LogP contribution in [-0.4, -0.2) is 16.5 Å². The van der Waals surface area contributed by atoms with Crippen LogP contribution >= 0.6 is 11.6 Å². The Bertz CT molecular complexity index is 826. The van der Waals surface area contributed by atoms with E-state index in [0.29, 0.717) is 22.3 Å². The number of halogens is 1. The van der Waals surface area contributed by atoms with Crippen LogP contribution < -0.4 is 4.74 Å². The third-order valence-electron chi connectivity index (χ3n) is 3.08. The van der Waals surface area contributed by atoms with Gasteiger partial charge in [-0.05, 0) is 31.2 Å². The molecule has 0 aliphatic carbocycles. The highest BCUT2D eigenvalue weighted by Gasteiger charge is 2.07. The zero-order valence-corrected chi connectivity index (χ0v) is 12.4. The van der Waals surface area contributed by atoms with Gasteiger partial charge in [-0.3, -0.25) is 4.40 Å². The van der Waals surface area contributed by atoms with Gasteiger partial charge >= 0.3 is 0 Å². The third kappa shape index (κ3) is 2.60. The van der Waals surface area contributed by atoms with Gasteiger partial charge in [-0.25, -0.2) is 4.98 Å². The molecular formula is C15H13ClN4O. The molecule has 106 valence electrons. The van der Waals surface area contributed by atoms with E-state index in [9.17, 15) is 0 Å². The quantitative estimate of drug-likeness (QED) is 0.657. The summed E-state index contributed by atoms with van der Waals surface area (Å²) in [6, 6.07) is 11.0. The van der Waals surface area contributed by atoms with E-state index in [0.717, 1.165) is 11.3 Å². The van der Waals surface area contributed by atoms with Crippen molar-refractivity contribution in [1.29, 1.82) is 0 Å². The van der Waals surface area contributed by atoms with E-state index >= 15 is 0 Å². The maximum atomic E-state index is 6.12. The lowest BCUT2D eigenvalue weighted by Gasteiger charge is -2.02. The van der Waals surface area contributed by atoms with E-state index in [-0.39, 0.29) is 0 Å². The number of aromatic nitrogens is 2. The number of benzene rings is 1. The number of ether oxygens (including phenoxy) is 1. The summed E-state index contributed by atoms with van der Waals surface area (Å²) in [7, 11) is 1.60. The average Bonchev–Trinajstić information content (AvgIpc) is 2.82. The molecule has 0 aliphatic heterocycles. The lowest BCUT2D eigenvalue weighted by molar-refractivity contribution is 0.415. The van der Waals surface area contributed by atoms with E-state index in [4.69, 9.17) is 16.3 Å². The van der Waals surface area contributed by atoms with Crippen molar-refractivity contribution in [3.8, 4) is 5.75 Å². The lowest BCUT2D eigenvalue weighted by atomic mass is 10.3. The van der Waals surface area contributed by atoms with Crippen molar-refractivity contribution in [2.45, 2.75) is 6.92 Å². The van der Waals surface area contributed by atoms with E-state index in [1.54, 1.807) is 25.3 Å². The van der Waals surface area contributed by atoms with Gasteiger partial charge in [0.05, 0.1) is 17.8 Å². The summed E-state index contributed by atoms with van der Waals surface area (Å²) in [4.78, 5) is 4.43. The van der Waals surface area contributed by atoms with Crippen molar-refractivity contribution in [3.63, 3.8) is 0 Å². The number of azo groups is 1. The first kappa shape index (κ1) is 13.6. The Hall–Kier alpha value is -2.40. The van der Waals surface area contributed by atoms with Crippen LogP contribution in [0.1, 0.15) is 5.69 Å². The Kier molecular flexibility index (Phi) is 3.58. The molecular weight excluding hydrogens is 288 g/mol. The minimum atomic E-state index is 0.519. The number of aryl methyl sites for hydroxylation is 1. The Morgan fingerprint density at radius 1 is 1.19 bits per heavy atom. The smallest absolute Gasteiger partial charge is 0.182 e. The molecule has 2 heterocycles. The molecule has 0 fully saturated rings. The number of pyridine rings is 1. The Balaban J connectivity index is 2.04. The van der Waals surface area contributed by atoms with Crippen LogP contribution in [-0.2, 0) is 0 Å². The molecule has 0 bridgehead atoms. The van der Waals surface area contributed by atoms with Crippen LogP contribution in [0.25, 0.3) is 5.65 Å². The minimum absolute atomic E-state index is 0.519. The number of hydrogen-bond acceptors (Lipinski definition) is 4. The van der Waals surface area contributed by atoms with Gasteiger partial charge in [-0.2, -0.15) is 0 Å². The predicted molar refractivity (Wildman–Crippen MR) is 82.1 cm³/mol. The van der Waals surface area contributed by atoms with E-state index in [1.807, 2.05) is 35.7 Å². The Morgan fingerprint density at radius 3 is 2.86 bits per heavy atom. The van der Waals surface area contributed by atoms with Crippen molar-refractivity contribution < 1.29 is 4.74 Å². The molecule has 0 atom stereocenters. The van der Waals surface area contributed by atoms with Crippen molar-refractivity contribution in [2.24, 2.45) is 10.2 Å². The van der Waals surface area contributed by atoms with E-state index < -0.39 is 0 Å². The number of nitrogens with zero attached hydrogens (tertiary/aromatic N) is 4. The van der Waals surface area contributed by atoms with Crippen LogP contribution in [0, 0.1) is 6.92 Å². The highest BCUT2D eigenvalue weighted by molar-refractivity contribution is 6.33. The summed E-state index contributed by atoms with van der Waals surface area (Å²) < 4.78 is 7.04. The first-order chi connectivity index (χ1) is 10.2. The van der Waals surface area contributed by atoms with E-state index in [1.165, 1.54) is 0 Å². The molecule has 3 aromatic rings. The predicted octanol–water partition coefficient (Wildman–Crippen LogP) is 4.72. The van der Waals surface area contributed by atoms with E-state index in [2.05, 4.69) is 15.2 Å². The first-order valence-corrected chi connectivity index (χ1v) is 6.76. The van der Waals surface area contributed by atoms with Gasteiger partial charge in [-0.15, -0.1) is 10.2 Å². The number of hydrogen-bond donors (Lipinski definition) is 0. The molecule has 5 nitrogen and oxygen atoms in total. The van der Waals surface area contributed by atoms with Gasteiger partial charge in [0.1, 0.15) is 17.1 Å². The van der Waals surface area contributed by atoms with Gasteiger partial charge in [0.2, 0.25) is 0 Å².